The molecule has 0 saturated carbocycles. The van der Waals surface area contributed by atoms with Crippen LogP contribution in [0.25, 0.3) is 0 Å². The number of amides is 1. The average molecular weight is 249 g/mol. The summed E-state index contributed by atoms with van der Waals surface area (Å²) >= 11 is 0. The topological polar surface area (TPSA) is 49.8 Å². The van der Waals surface area contributed by atoms with Gasteiger partial charge in [0.1, 0.15) is 5.75 Å². The predicted molar refractivity (Wildman–Crippen MR) is 69.2 cm³/mol. The lowest BCUT2D eigenvalue weighted by Gasteiger charge is -2.17. The number of carboxylic acid groups (broad SMARTS) is 1. The maximum Gasteiger partial charge on any atom is 0.407 e. The van der Waals surface area contributed by atoms with Crippen molar-refractivity contribution >= 4 is 6.09 Å². The van der Waals surface area contributed by atoms with Crippen molar-refractivity contribution in [2.24, 2.45) is 0 Å². The van der Waals surface area contributed by atoms with E-state index in [1.165, 1.54) is 10.5 Å². The van der Waals surface area contributed by atoms with E-state index < -0.39 is 6.09 Å². The number of carbonyl (C=O) groups is 1. The standard InChI is InChI=1S/C14H19NO3/c1-18-13-6-4-12(5-7-13)11-3-2-9-15(10-8-11)14(16)17/h4-7,11H,2-3,8-10H2,1H3,(H,16,17). The predicted octanol–water partition coefficient (Wildman–Crippen LogP) is 2.94. The summed E-state index contributed by atoms with van der Waals surface area (Å²) < 4.78 is 5.14. The maximum absolute atomic E-state index is 10.9. The SMILES string of the molecule is COc1ccc(C2CCCN(C(=O)O)CC2)cc1. The molecule has 0 bridgehead atoms. The van der Waals surface area contributed by atoms with Crippen LogP contribution >= 0.6 is 0 Å². The van der Waals surface area contributed by atoms with Gasteiger partial charge in [0.2, 0.25) is 0 Å². The average Bonchev–Trinajstić information content (AvgIpc) is 2.64. The molecule has 1 unspecified atom stereocenters. The molecular weight excluding hydrogens is 230 g/mol. The summed E-state index contributed by atoms with van der Waals surface area (Å²) in [6.45, 7) is 1.29. The first-order valence-electron chi connectivity index (χ1n) is 6.32. The largest absolute Gasteiger partial charge is 0.497 e. The Balaban J connectivity index is 2.02. The van der Waals surface area contributed by atoms with Gasteiger partial charge in [-0.3, -0.25) is 0 Å². The molecule has 1 amide bonds. The molecule has 2 rings (SSSR count). The Morgan fingerprint density at radius 1 is 1.28 bits per heavy atom. The van der Waals surface area contributed by atoms with Crippen LogP contribution < -0.4 is 4.74 Å². The summed E-state index contributed by atoms with van der Waals surface area (Å²) in [6.07, 6.45) is 2.09. The lowest BCUT2D eigenvalue weighted by Crippen LogP contribution is -2.30. The summed E-state index contributed by atoms with van der Waals surface area (Å²) in [4.78, 5) is 12.5. The van der Waals surface area contributed by atoms with Crippen molar-refractivity contribution < 1.29 is 14.6 Å². The molecular formula is C14H19NO3. The van der Waals surface area contributed by atoms with Crippen molar-refractivity contribution in [3.63, 3.8) is 0 Å². The van der Waals surface area contributed by atoms with Crippen molar-refractivity contribution in [1.29, 1.82) is 0 Å². The van der Waals surface area contributed by atoms with Crippen molar-refractivity contribution in [3.05, 3.63) is 29.8 Å². The second kappa shape index (κ2) is 5.76. The summed E-state index contributed by atoms with van der Waals surface area (Å²) in [7, 11) is 1.66. The molecule has 1 aromatic carbocycles. The number of hydrogen-bond acceptors (Lipinski definition) is 2. The summed E-state index contributed by atoms with van der Waals surface area (Å²) in [6, 6.07) is 8.10. The van der Waals surface area contributed by atoms with Gasteiger partial charge in [0.25, 0.3) is 0 Å². The zero-order valence-electron chi connectivity index (χ0n) is 10.6. The molecule has 1 aromatic rings. The van der Waals surface area contributed by atoms with Gasteiger partial charge in [-0.05, 0) is 42.9 Å². The van der Waals surface area contributed by atoms with Crippen LogP contribution in [0.3, 0.4) is 0 Å². The van der Waals surface area contributed by atoms with Gasteiger partial charge in [0, 0.05) is 13.1 Å². The molecule has 0 aliphatic carbocycles. The minimum atomic E-state index is -0.801. The van der Waals surface area contributed by atoms with Crippen molar-refractivity contribution in [2.75, 3.05) is 20.2 Å². The van der Waals surface area contributed by atoms with Crippen LogP contribution in [0.2, 0.25) is 0 Å². The summed E-state index contributed by atoms with van der Waals surface area (Å²) in [5.74, 6) is 1.32. The molecule has 1 saturated heterocycles. The van der Waals surface area contributed by atoms with E-state index in [1.54, 1.807) is 7.11 Å². The Bertz CT molecular complexity index is 402. The first-order chi connectivity index (χ1) is 8.70. The quantitative estimate of drug-likeness (QED) is 0.876. The molecule has 0 aromatic heterocycles. The minimum absolute atomic E-state index is 0.459. The Labute approximate surface area is 107 Å². The minimum Gasteiger partial charge on any atom is -0.497 e. The van der Waals surface area contributed by atoms with Crippen molar-refractivity contribution in [3.8, 4) is 5.75 Å². The number of methoxy groups -OCH3 is 1. The maximum atomic E-state index is 10.9. The lowest BCUT2D eigenvalue weighted by molar-refractivity contribution is 0.147. The van der Waals surface area contributed by atoms with Crippen molar-refractivity contribution in [2.45, 2.75) is 25.2 Å². The Kier molecular flexibility index (Phi) is 4.07. The molecule has 98 valence electrons. The van der Waals surface area contributed by atoms with Crippen LogP contribution in [-0.4, -0.2) is 36.3 Å². The van der Waals surface area contributed by atoms with Crippen LogP contribution in [0.4, 0.5) is 4.79 Å². The highest BCUT2D eigenvalue weighted by Gasteiger charge is 2.20. The van der Waals surface area contributed by atoms with E-state index in [4.69, 9.17) is 9.84 Å². The van der Waals surface area contributed by atoms with E-state index in [2.05, 4.69) is 12.1 Å². The van der Waals surface area contributed by atoms with Gasteiger partial charge >= 0.3 is 6.09 Å². The zero-order chi connectivity index (χ0) is 13.0. The van der Waals surface area contributed by atoms with Gasteiger partial charge in [0.15, 0.2) is 0 Å². The fourth-order valence-electron chi connectivity index (χ4n) is 2.50. The molecule has 1 atom stereocenters. The molecule has 1 aliphatic heterocycles. The number of benzene rings is 1. The Morgan fingerprint density at radius 2 is 2.00 bits per heavy atom. The number of likely N-dealkylation sites (tertiary alicyclic amines) is 1. The number of ether oxygens (including phenoxy) is 1. The third-order valence-electron chi connectivity index (χ3n) is 3.59. The molecule has 4 heteroatoms. The van der Waals surface area contributed by atoms with E-state index >= 15 is 0 Å². The monoisotopic (exact) mass is 249 g/mol. The summed E-state index contributed by atoms with van der Waals surface area (Å²) in [5.41, 5.74) is 1.28. The van der Waals surface area contributed by atoms with Gasteiger partial charge in [-0.15, -0.1) is 0 Å². The zero-order valence-corrected chi connectivity index (χ0v) is 10.6. The molecule has 0 spiro atoms. The van der Waals surface area contributed by atoms with Gasteiger partial charge in [0.05, 0.1) is 7.11 Å². The third-order valence-corrected chi connectivity index (χ3v) is 3.59. The molecule has 18 heavy (non-hydrogen) atoms. The van der Waals surface area contributed by atoms with E-state index in [-0.39, 0.29) is 0 Å². The van der Waals surface area contributed by atoms with E-state index in [1.807, 2.05) is 12.1 Å². The Morgan fingerprint density at radius 3 is 2.61 bits per heavy atom. The van der Waals surface area contributed by atoms with Crippen LogP contribution in [0, 0.1) is 0 Å². The molecule has 0 radical (unpaired) electrons. The summed E-state index contributed by atoms with van der Waals surface area (Å²) in [5, 5.41) is 9.00. The van der Waals surface area contributed by atoms with E-state index in [0.29, 0.717) is 19.0 Å². The second-order valence-corrected chi connectivity index (χ2v) is 4.67. The fourth-order valence-corrected chi connectivity index (χ4v) is 2.50. The molecule has 1 fully saturated rings. The molecule has 1 aliphatic rings. The molecule has 1 heterocycles. The van der Waals surface area contributed by atoms with Crippen LogP contribution in [0.1, 0.15) is 30.7 Å². The third kappa shape index (κ3) is 2.94. The van der Waals surface area contributed by atoms with E-state index in [9.17, 15) is 4.79 Å². The van der Waals surface area contributed by atoms with Crippen molar-refractivity contribution in [1.82, 2.24) is 4.90 Å². The normalized spacial score (nSPS) is 20.3. The smallest absolute Gasteiger partial charge is 0.407 e. The highest BCUT2D eigenvalue weighted by atomic mass is 16.5. The Hall–Kier alpha value is -1.71. The highest BCUT2D eigenvalue weighted by molar-refractivity contribution is 5.64. The van der Waals surface area contributed by atoms with Gasteiger partial charge in [-0.1, -0.05) is 12.1 Å². The highest BCUT2D eigenvalue weighted by Crippen LogP contribution is 2.29. The van der Waals surface area contributed by atoms with Gasteiger partial charge in [-0.2, -0.15) is 0 Å². The second-order valence-electron chi connectivity index (χ2n) is 4.67. The lowest BCUT2D eigenvalue weighted by atomic mass is 9.92. The number of hydrogen-bond donors (Lipinski definition) is 1. The van der Waals surface area contributed by atoms with Gasteiger partial charge < -0.3 is 14.7 Å². The van der Waals surface area contributed by atoms with Crippen LogP contribution in [-0.2, 0) is 0 Å². The van der Waals surface area contributed by atoms with Crippen LogP contribution in [0.15, 0.2) is 24.3 Å². The molecule has 1 N–H and O–H groups in total. The first-order valence-corrected chi connectivity index (χ1v) is 6.32. The van der Waals surface area contributed by atoms with E-state index in [0.717, 1.165) is 25.0 Å². The number of rotatable bonds is 2. The first kappa shape index (κ1) is 12.7. The van der Waals surface area contributed by atoms with Crippen LogP contribution in [0.5, 0.6) is 5.75 Å². The molecule has 4 nitrogen and oxygen atoms in total. The van der Waals surface area contributed by atoms with Gasteiger partial charge in [-0.25, -0.2) is 4.79 Å². The number of nitrogens with zero attached hydrogens (tertiary/aromatic N) is 1. The fraction of sp³-hybridized carbons (Fsp3) is 0.500.